The molecule has 0 saturated carbocycles. The molecular weight excluding hydrogens is 190 g/mol. The second-order valence-corrected chi connectivity index (χ2v) is 4.04. The van der Waals surface area contributed by atoms with Crippen LogP contribution >= 0.6 is 0 Å². The molecule has 0 aromatic heterocycles. The van der Waals surface area contributed by atoms with Gasteiger partial charge in [-0.1, -0.05) is 18.2 Å². The topological polar surface area (TPSA) is 21.7 Å². The third kappa shape index (κ3) is 1.02. The zero-order valence-electron chi connectivity index (χ0n) is 8.86. The lowest BCUT2D eigenvalue weighted by Gasteiger charge is -2.35. The summed E-state index contributed by atoms with van der Waals surface area (Å²) in [6.07, 6.45) is 2.09. The summed E-state index contributed by atoms with van der Waals surface area (Å²) in [5, 5.41) is 0. The van der Waals surface area contributed by atoms with Gasteiger partial charge in [-0.15, -0.1) is 0 Å². The number of para-hydroxylation sites is 1. The average Bonchev–Trinajstić information content (AvgIpc) is 2.50. The fraction of sp³-hybridized carbons (Fsp3) is 0.333. The predicted molar refractivity (Wildman–Crippen MR) is 58.3 cm³/mol. The Morgan fingerprint density at radius 1 is 1.33 bits per heavy atom. The first-order valence-electron chi connectivity index (χ1n) is 5.08. The summed E-state index contributed by atoms with van der Waals surface area (Å²) in [6.45, 7) is 2.55. The summed E-state index contributed by atoms with van der Waals surface area (Å²) in [5.74, 6) is 0. The minimum Gasteiger partial charge on any atom is -0.340 e. The maximum atomic E-state index is 5.44. The number of likely N-dealkylation sites (N-methyl/N-ethyl adjacent to an activating group) is 1. The van der Waals surface area contributed by atoms with Crippen molar-refractivity contribution < 1.29 is 9.78 Å². The Balaban J connectivity index is 2.24. The standard InChI is InChI=1S/C12H13NO2/c1-12-10(7-8-14-15-12)9-5-3-4-6-11(9)13(12)2/h3-7H,8H2,1-2H3. The summed E-state index contributed by atoms with van der Waals surface area (Å²) >= 11 is 0. The van der Waals surface area contributed by atoms with Gasteiger partial charge in [0.2, 0.25) is 0 Å². The molecule has 0 radical (unpaired) electrons. The summed E-state index contributed by atoms with van der Waals surface area (Å²) in [4.78, 5) is 12.6. The molecule has 2 aliphatic rings. The van der Waals surface area contributed by atoms with Gasteiger partial charge in [0.25, 0.3) is 0 Å². The molecule has 1 atom stereocenters. The van der Waals surface area contributed by atoms with E-state index in [0.29, 0.717) is 6.61 Å². The van der Waals surface area contributed by atoms with Crippen molar-refractivity contribution in [3.05, 3.63) is 35.9 Å². The number of benzene rings is 1. The van der Waals surface area contributed by atoms with Crippen LogP contribution in [0, 0.1) is 0 Å². The van der Waals surface area contributed by atoms with E-state index in [4.69, 9.17) is 9.78 Å². The normalized spacial score (nSPS) is 28.4. The highest BCUT2D eigenvalue weighted by molar-refractivity contribution is 5.89. The van der Waals surface area contributed by atoms with Gasteiger partial charge in [0.05, 0.1) is 0 Å². The van der Waals surface area contributed by atoms with Crippen LogP contribution in [0.25, 0.3) is 5.57 Å². The zero-order chi connectivity index (χ0) is 10.5. The summed E-state index contributed by atoms with van der Waals surface area (Å²) in [7, 11) is 2.02. The van der Waals surface area contributed by atoms with E-state index in [0.717, 1.165) is 0 Å². The van der Waals surface area contributed by atoms with Crippen LogP contribution in [0.1, 0.15) is 12.5 Å². The Bertz CT molecular complexity index is 441. The first-order valence-corrected chi connectivity index (χ1v) is 5.08. The van der Waals surface area contributed by atoms with Crippen molar-refractivity contribution in [2.24, 2.45) is 0 Å². The number of fused-ring (bicyclic) bond motifs is 3. The second-order valence-electron chi connectivity index (χ2n) is 4.04. The molecule has 1 unspecified atom stereocenters. The van der Waals surface area contributed by atoms with Gasteiger partial charge in [-0.25, -0.2) is 9.78 Å². The van der Waals surface area contributed by atoms with E-state index in [-0.39, 0.29) is 0 Å². The molecule has 15 heavy (non-hydrogen) atoms. The Hall–Kier alpha value is -1.32. The van der Waals surface area contributed by atoms with Crippen molar-refractivity contribution in [1.82, 2.24) is 0 Å². The van der Waals surface area contributed by atoms with Crippen LogP contribution in [0.15, 0.2) is 30.3 Å². The van der Waals surface area contributed by atoms with Crippen molar-refractivity contribution in [3.63, 3.8) is 0 Å². The number of hydrogen-bond acceptors (Lipinski definition) is 3. The first kappa shape index (κ1) is 8.95. The molecule has 0 spiro atoms. The molecule has 1 aromatic rings. The van der Waals surface area contributed by atoms with Gasteiger partial charge in [-0.2, -0.15) is 0 Å². The van der Waals surface area contributed by atoms with E-state index < -0.39 is 5.72 Å². The van der Waals surface area contributed by atoms with Crippen molar-refractivity contribution in [2.75, 3.05) is 18.6 Å². The predicted octanol–water partition coefficient (Wildman–Crippen LogP) is 2.20. The Morgan fingerprint density at radius 2 is 2.13 bits per heavy atom. The smallest absolute Gasteiger partial charge is 0.198 e. The van der Waals surface area contributed by atoms with Crippen LogP contribution in [0.2, 0.25) is 0 Å². The largest absolute Gasteiger partial charge is 0.340 e. The van der Waals surface area contributed by atoms with E-state index in [9.17, 15) is 0 Å². The zero-order valence-corrected chi connectivity index (χ0v) is 8.86. The quantitative estimate of drug-likeness (QED) is 0.603. The molecule has 3 heteroatoms. The maximum absolute atomic E-state index is 5.44. The van der Waals surface area contributed by atoms with Gasteiger partial charge >= 0.3 is 0 Å². The van der Waals surface area contributed by atoms with Gasteiger partial charge in [0.1, 0.15) is 6.61 Å². The Labute approximate surface area is 88.8 Å². The molecule has 0 N–H and O–H groups in total. The number of hydrogen-bond donors (Lipinski definition) is 0. The summed E-state index contributed by atoms with van der Waals surface area (Å²) < 4.78 is 0. The highest BCUT2D eigenvalue weighted by Gasteiger charge is 2.45. The van der Waals surface area contributed by atoms with Gasteiger partial charge in [-0.05, 0) is 19.1 Å². The molecular formula is C12H13NO2. The van der Waals surface area contributed by atoms with E-state index in [1.807, 2.05) is 20.0 Å². The van der Waals surface area contributed by atoms with Crippen LogP contribution in [0.5, 0.6) is 0 Å². The van der Waals surface area contributed by atoms with Crippen LogP contribution in [-0.4, -0.2) is 19.4 Å². The van der Waals surface area contributed by atoms with Crippen LogP contribution in [0.3, 0.4) is 0 Å². The molecule has 0 fully saturated rings. The van der Waals surface area contributed by atoms with Gasteiger partial charge in [0.15, 0.2) is 5.72 Å². The van der Waals surface area contributed by atoms with Crippen molar-refractivity contribution in [2.45, 2.75) is 12.6 Å². The monoisotopic (exact) mass is 203 g/mol. The van der Waals surface area contributed by atoms with Crippen LogP contribution in [-0.2, 0) is 9.78 Å². The molecule has 2 heterocycles. The minimum absolute atomic E-state index is 0.470. The van der Waals surface area contributed by atoms with E-state index in [2.05, 4.69) is 29.2 Å². The van der Waals surface area contributed by atoms with Gasteiger partial charge in [-0.3, -0.25) is 0 Å². The van der Waals surface area contributed by atoms with E-state index >= 15 is 0 Å². The number of rotatable bonds is 0. The fourth-order valence-electron chi connectivity index (χ4n) is 2.32. The van der Waals surface area contributed by atoms with E-state index in [1.165, 1.54) is 16.8 Å². The SMILES string of the molecule is CN1c2ccccc2C2=CCOOC21C. The molecule has 3 rings (SSSR count). The fourth-order valence-corrected chi connectivity index (χ4v) is 2.32. The van der Waals surface area contributed by atoms with Crippen molar-refractivity contribution in [3.8, 4) is 0 Å². The lowest BCUT2D eigenvalue weighted by atomic mass is 10.00. The lowest BCUT2D eigenvalue weighted by molar-refractivity contribution is -0.338. The van der Waals surface area contributed by atoms with E-state index in [1.54, 1.807) is 0 Å². The van der Waals surface area contributed by atoms with Gasteiger partial charge in [0, 0.05) is 23.9 Å². The highest BCUT2D eigenvalue weighted by atomic mass is 17.2. The third-order valence-corrected chi connectivity index (χ3v) is 3.27. The van der Waals surface area contributed by atoms with Crippen LogP contribution < -0.4 is 4.90 Å². The highest BCUT2D eigenvalue weighted by Crippen LogP contribution is 2.47. The number of anilines is 1. The maximum Gasteiger partial charge on any atom is 0.198 e. The summed E-state index contributed by atoms with van der Waals surface area (Å²) in [6, 6.07) is 8.31. The first-order chi connectivity index (χ1) is 7.23. The molecule has 2 aliphatic heterocycles. The lowest BCUT2D eigenvalue weighted by Crippen LogP contribution is -2.44. The second kappa shape index (κ2) is 2.84. The Morgan fingerprint density at radius 3 is 3.00 bits per heavy atom. The molecule has 1 aromatic carbocycles. The third-order valence-electron chi connectivity index (χ3n) is 3.27. The number of nitrogens with zero attached hydrogens (tertiary/aromatic N) is 1. The van der Waals surface area contributed by atoms with Crippen molar-refractivity contribution >= 4 is 11.3 Å². The van der Waals surface area contributed by atoms with Gasteiger partial charge < -0.3 is 4.90 Å². The minimum atomic E-state index is -0.470. The average molecular weight is 203 g/mol. The Kier molecular flexibility index (Phi) is 1.69. The van der Waals surface area contributed by atoms with Crippen LogP contribution in [0.4, 0.5) is 5.69 Å². The molecule has 0 bridgehead atoms. The molecule has 0 saturated heterocycles. The molecule has 0 amide bonds. The molecule has 78 valence electrons. The van der Waals surface area contributed by atoms with Crippen molar-refractivity contribution in [1.29, 1.82) is 0 Å². The molecule has 0 aliphatic carbocycles. The summed E-state index contributed by atoms with van der Waals surface area (Å²) in [5.41, 5.74) is 3.16. The molecule has 3 nitrogen and oxygen atoms in total.